The van der Waals surface area contributed by atoms with Crippen molar-refractivity contribution in [1.29, 1.82) is 0 Å². The van der Waals surface area contributed by atoms with Crippen LogP contribution in [0.1, 0.15) is 32.6 Å². The molecule has 0 aliphatic carbocycles. The number of ether oxygens (including phenoxy) is 1. The van der Waals surface area contributed by atoms with Gasteiger partial charge in [-0.1, -0.05) is 32.0 Å². The Morgan fingerprint density at radius 1 is 1.32 bits per heavy atom. The first kappa shape index (κ1) is 13.5. The molecule has 102 valence electrons. The lowest BCUT2D eigenvalue weighted by atomic mass is 9.87. The van der Waals surface area contributed by atoms with Gasteiger partial charge < -0.3 is 15.0 Å². The smallest absolute Gasteiger partial charge is 0.258 e. The summed E-state index contributed by atoms with van der Waals surface area (Å²) in [5.74, 6) is 1.72. The Labute approximate surface area is 112 Å². The van der Waals surface area contributed by atoms with Crippen molar-refractivity contribution >= 4 is 0 Å². The molecular formula is C14H19N3O2. The summed E-state index contributed by atoms with van der Waals surface area (Å²) in [4.78, 5) is 4.36. The van der Waals surface area contributed by atoms with Crippen molar-refractivity contribution in [2.45, 2.75) is 26.8 Å². The second-order valence-electron chi connectivity index (χ2n) is 5.53. The molecule has 19 heavy (non-hydrogen) atoms. The van der Waals surface area contributed by atoms with Crippen molar-refractivity contribution < 1.29 is 9.26 Å². The van der Waals surface area contributed by atoms with Crippen molar-refractivity contribution in [3.8, 4) is 17.2 Å². The molecule has 2 aromatic rings. The normalized spacial score (nSPS) is 13.3. The van der Waals surface area contributed by atoms with Crippen LogP contribution in [0.2, 0.25) is 0 Å². The van der Waals surface area contributed by atoms with Gasteiger partial charge in [-0.15, -0.1) is 0 Å². The lowest BCUT2D eigenvalue weighted by Gasteiger charge is -2.23. The summed E-state index contributed by atoms with van der Waals surface area (Å²) in [6.45, 7) is 6.12. The molecule has 2 N–H and O–H groups in total. The summed E-state index contributed by atoms with van der Waals surface area (Å²) in [6, 6.07) is 7.21. The van der Waals surface area contributed by atoms with Gasteiger partial charge in [0, 0.05) is 5.56 Å². The van der Waals surface area contributed by atoms with Gasteiger partial charge in [-0.05, 0) is 23.6 Å². The molecule has 1 aromatic carbocycles. The number of hydrogen-bond donors (Lipinski definition) is 1. The molecule has 1 atom stereocenters. The van der Waals surface area contributed by atoms with Crippen LogP contribution in [0.15, 0.2) is 28.8 Å². The fraction of sp³-hybridized carbons (Fsp3) is 0.429. The maximum atomic E-state index is 6.11. The lowest BCUT2D eigenvalue weighted by Crippen LogP contribution is -2.27. The molecule has 0 aliphatic rings. The Morgan fingerprint density at radius 3 is 2.68 bits per heavy atom. The average Bonchev–Trinajstić information content (AvgIpc) is 2.86. The second-order valence-corrected chi connectivity index (χ2v) is 5.53. The number of nitrogens with two attached hydrogens (primary N) is 1. The molecule has 0 radical (unpaired) electrons. The van der Waals surface area contributed by atoms with Gasteiger partial charge >= 0.3 is 0 Å². The maximum Gasteiger partial charge on any atom is 0.258 e. The molecule has 1 unspecified atom stereocenters. The molecule has 5 heteroatoms. The predicted molar refractivity (Wildman–Crippen MR) is 72.7 cm³/mol. The largest absolute Gasteiger partial charge is 0.497 e. The average molecular weight is 261 g/mol. The van der Waals surface area contributed by atoms with Crippen molar-refractivity contribution in [2.24, 2.45) is 11.1 Å². The van der Waals surface area contributed by atoms with E-state index in [-0.39, 0.29) is 11.5 Å². The Kier molecular flexibility index (Phi) is 3.57. The van der Waals surface area contributed by atoms with Crippen LogP contribution in [0.4, 0.5) is 0 Å². The van der Waals surface area contributed by atoms with Gasteiger partial charge in [0.2, 0.25) is 0 Å². The Morgan fingerprint density at radius 2 is 2.05 bits per heavy atom. The number of aromatic nitrogens is 2. The monoisotopic (exact) mass is 261 g/mol. The van der Waals surface area contributed by atoms with E-state index in [1.54, 1.807) is 7.11 Å². The van der Waals surface area contributed by atoms with E-state index in [1.807, 2.05) is 45.0 Å². The first-order valence-corrected chi connectivity index (χ1v) is 6.15. The van der Waals surface area contributed by atoms with Crippen LogP contribution in [-0.2, 0) is 0 Å². The SMILES string of the molecule is COc1cccc(-c2nc(C(N)C(C)(C)C)no2)c1. The third kappa shape index (κ3) is 2.93. The molecular weight excluding hydrogens is 242 g/mol. The molecule has 2 rings (SSSR count). The van der Waals surface area contributed by atoms with E-state index in [4.69, 9.17) is 15.0 Å². The van der Waals surface area contributed by atoms with E-state index in [0.717, 1.165) is 11.3 Å². The van der Waals surface area contributed by atoms with Gasteiger partial charge in [0.15, 0.2) is 5.82 Å². The van der Waals surface area contributed by atoms with Crippen molar-refractivity contribution in [3.05, 3.63) is 30.1 Å². The zero-order valence-corrected chi connectivity index (χ0v) is 11.7. The zero-order valence-electron chi connectivity index (χ0n) is 11.7. The summed E-state index contributed by atoms with van der Waals surface area (Å²) in [5.41, 5.74) is 6.81. The number of hydrogen-bond acceptors (Lipinski definition) is 5. The molecule has 1 heterocycles. The summed E-state index contributed by atoms with van der Waals surface area (Å²) in [7, 11) is 1.62. The molecule has 0 saturated heterocycles. The number of benzene rings is 1. The molecule has 0 aliphatic heterocycles. The summed E-state index contributed by atoms with van der Waals surface area (Å²) in [6.07, 6.45) is 0. The van der Waals surface area contributed by atoms with Crippen LogP contribution < -0.4 is 10.5 Å². The molecule has 0 bridgehead atoms. The summed E-state index contributed by atoms with van der Waals surface area (Å²) >= 11 is 0. The Hall–Kier alpha value is -1.88. The first-order valence-electron chi connectivity index (χ1n) is 6.15. The lowest BCUT2D eigenvalue weighted by molar-refractivity contribution is 0.303. The molecule has 1 aromatic heterocycles. The zero-order chi connectivity index (χ0) is 14.0. The van der Waals surface area contributed by atoms with Crippen LogP contribution in [0.25, 0.3) is 11.5 Å². The minimum Gasteiger partial charge on any atom is -0.497 e. The maximum absolute atomic E-state index is 6.11. The highest BCUT2D eigenvalue weighted by atomic mass is 16.5. The number of methoxy groups -OCH3 is 1. The third-order valence-electron chi connectivity index (χ3n) is 2.97. The van der Waals surface area contributed by atoms with Crippen LogP contribution in [0, 0.1) is 5.41 Å². The highest BCUT2D eigenvalue weighted by Crippen LogP contribution is 2.30. The summed E-state index contributed by atoms with van der Waals surface area (Å²) in [5, 5.41) is 3.96. The fourth-order valence-corrected chi connectivity index (χ4v) is 1.62. The van der Waals surface area contributed by atoms with Crippen molar-refractivity contribution in [2.75, 3.05) is 7.11 Å². The number of rotatable bonds is 3. The van der Waals surface area contributed by atoms with E-state index in [9.17, 15) is 0 Å². The van der Waals surface area contributed by atoms with Crippen LogP contribution in [-0.4, -0.2) is 17.3 Å². The highest BCUT2D eigenvalue weighted by molar-refractivity contribution is 5.55. The van der Waals surface area contributed by atoms with Gasteiger partial charge in [-0.25, -0.2) is 0 Å². The Bertz CT molecular complexity index is 558. The van der Waals surface area contributed by atoms with Crippen LogP contribution >= 0.6 is 0 Å². The van der Waals surface area contributed by atoms with E-state index < -0.39 is 0 Å². The topological polar surface area (TPSA) is 74.2 Å². The van der Waals surface area contributed by atoms with Crippen LogP contribution in [0.3, 0.4) is 0 Å². The van der Waals surface area contributed by atoms with Gasteiger partial charge in [-0.3, -0.25) is 0 Å². The highest BCUT2D eigenvalue weighted by Gasteiger charge is 2.27. The van der Waals surface area contributed by atoms with Gasteiger partial charge in [0.25, 0.3) is 5.89 Å². The molecule has 0 spiro atoms. The van der Waals surface area contributed by atoms with Crippen molar-refractivity contribution in [3.63, 3.8) is 0 Å². The van der Waals surface area contributed by atoms with E-state index in [0.29, 0.717) is 11.7 Å². The number of nitrogens with zero attached hydrogens (tertiary/aromatic N) is 2. The molecule has 0 amide bonds. The third-order valence-corrected chi connectivity index (χ3v) is 2.97. The Balaban J connectivity index is 2.30. The van der Waals surface area contributed by atoms with E-state index in [2.05, 4.69) is 10.1 Å². The van der Waals surface area contributed by atoms with Crippen LogP contribution in [0.5, 0.6) is 5.75 Å². The fourth-order valence-electron chi connectivity index (χ4n) is 1.62. The minimum atomic E-state index is -0.268. The van der Waals surface area contributed by atoms with E-state index in [1.165, 1.54) is 0 Å². The van der Waals surface area contributed by atoms with Gasteiger partial charge in [0.05, 0.1) is 13.2 Å². The molecule has 5 nitrogen and oxygen atoms in total. The van der Waals surface area contributed by atoms with Gasteiger partial charge in [-0.2, -0.15) is 4.98 Å². The minimum absolute atomic E-state index is 0.116. The molecule has 0 saturated carbocycles. The van der Waals surface area contributed by atoms with Crippen molar-refractivity contribution in [1.82, 2.24) is 10.1 Å². The summed E-state index contributed by atoms with van der Waals surface area (Å²) < 4.78 is 10.4. The first-order chi connectivity index (χ1) is 8.91. The predicted octanol–water partition coefficient (Wildman–Crippen LogP) is 2.79. The quantitative estimate of drug-likeness (QED) is 0.919. The second kappa shape index (κ2) is 5.01. The standard InChI is InChI=1S/C14H19N3O2/c1-14(2,3)11(15)12-16-13(19-17-12)9-6-5-7-10(8-9)18-4/h5-8,11H,15H2,1-4H3. The van der Waals surface area contributed by atoms with E-state index >= 15 is 0 Å². The molecule has 0 fully saturated rings. The van der Waals surface area contributed by atoms with Gasteiger partial charge in [0.1, 0.15) is 5.75 Å².